The fraction of sp³-hybridized carbons (Fsp3) is 0.895. The van der Waals surface area contributed by atoms with E-state index in [2.05, 4.69) is 32.9 Å². The van der Waals surface area contributed by atoms with Gasteiger partial charge in [0.15, 0.2) is 6.29 Å². The molecule has 0 aromatic heterocycles. The van der Waals surface area contributed by atoms with Crippen molar-refractivity contribution in [3.05, 3.63) is 12.2 Å². The van der Waals surface area contributed by atoms with E-state index in [0.29, 0.717) is 11.8 Å². The summed E-state index contributed by atoms with van der Waals surface area (Å²) in [6, 6.07) is 0. The lowest BCUT2D eigenvalue weighted by atomic mass is 9.74. The van der Waals surface area contributed by atoms with Gasteiger partial charge in [0, 0.05) is 11.3 Å². The van der Waals surface area contributed by atoms with Crippen molar-refractivity contribution >= 4 is 0 Å². The quantitative estimate of drug-likeness (QED) is 0.723. The molecule has 6 unspecified atom stereocenters. The average Bonchev–Trinajstić information content (AvgIpc) is 3.19. The molecule has 4 aliphatic rings. The molecule has 21 heavy (non-hydrogen) atoms. The molecule has 3 aliphatic carbocycles. The molecule has 1 saturated heterocycles. The molecule has 0 aromatic carbocycles. The second-order valence-electron chi connectivity index (χ2n) is 8.42. The molecule has 3 fully saturated rings. The Morgan fingerprint density at radius 3 is 2.57 bits per heavy atom. The summed E-state index contributed by atoms with van der Waals surface area (Å²) in [7, 11) is 0. The van der Waals surface area contributed by atoms with Gasteiger partial charge in [-0.15, -0.1) is 0 Å². The van der Waals surface area contributed by atoms with Crippen LogP contribution in [0.5, 0.6) is 0 Å². The fourth-order valence-electron chi connectivity index (χ4n) is 5.58. The first kappa shape index (κ1) is 14.3. The minimum atomic E-state index is 0.0821. The number of allylic oxidation sites excluding steroid dienone is 2. The third-order valence-electron chi connectivity index (χ3n) is 7.36. The van der Waals surface area contributed by atoms with Crippen LogP contribution in [0.4, 0.5) is 0 Å². The monoisotopic (exact) mass is 290 g/mol. The molecule has 6 atom stereocenters. The van der Waals surface area contributed by atoms with Crippen LogP contribution in [0.3, 0.4) is 0 Å². The van der Waals surface area contributed by atoms with Gasteiger partial charge in [0.1, 0.15) is 0 Å². The second-order valence-corrected chi connectivity index (χ2v) is 8.42. The van der Waals surface area contributed by atoms with Crippen LogP contribution in [0.15, 0.2) is 12.2 Å². The van der Waals surface area contributed by atoms with Crippen LogP contribution in [0.1, 0.15) is 46.5 Å². The molecule has 1 heterocycles. The maximum atomic E-state index is 6.26. The average molecular weight is 290 g/mol. The molecule has 0 radical (unpaired) electrons. The van der Waals surface area contributed by atoms with E-state index in [-0.39, 0.29) is 11.7 Å². The Labute approximate surface area is 129 Å². The lowest BCUT2D eigenvalue weighted by Crippen LogP contribution is -2.47. The first-order chi connectivity index (χ1) is 10.1. The minimum absolute atomic E-state index is 0.0821. The first-order valence-corrected chi connectivity index (χ1v) is 9.02. The highest BCUT2D eigenvalue weighted by Crippen LogP contribution is 2.60. The Morgan fingerprint density at radius 1 is 1.14 bits per heavy atom. The molecule has 0 N–H and O–H groups in total. The van der Waals surface area contributed by atoms with Crippen molar-refractivity contribution in [1.82, 2.24) is 0 Å². The van der Waals surface area contributed by atoms with Crippen molar-refractivity contribution in [3.8, 4) is 0 Å². The van der Waals surface area contributed by atoms with Crippen LogP contribution >= 0.6 is 0 Å². The number of fused-ring (bicyclic) bond motifs is 5. The highest BCUT2D eigenvalue weighted by atomic mass is 16.7. The molecular formula is C19H30O2. The van der Waals surface area contributed by atoms with E-state index in [4.69, 9.17) is 9.47 Å². The molecule has 4 rings (SSSR count). The third-order valence-corrected chi connectivity index (χ3v) is 7.36. The summed E-state index contributed by atoms with van der Waals surface area (Å²) in [5.74, 6) is 4.90. The van der Waals surface area contributed by atoms with Gasteiger partial charge < -0.3 is 9.47 Å². The summed E-state index contributed by atoms with van der Waals surface area (Å²) < 4.78 is 12.5. The van der Waals surface area contributed by atoms with Crippen molar-refractivity contribution in [2.24, 2.45) is 40.9 Å². The molecule has 2 bridgehead atoms. The smallest absolute Gasteiger partial charge is 0.160 e. The highest BCUT2D eigenvalue weighted by molar-refractivity contribution is 5.14. The van der Waals surface area contributed by atoms with E-state index < -0.39 is 0 Å². The fourth-order valence-corrected chi connectivity index (χ4v) is 5.58. The van der Waals surface area contributed by atoms with Crippen molar-refractivity contribution in [3.63, 3.8) is 0 Å². The van der Waals surface area contributed by atoms with Crippen molar-refractivity contribution in [2.75, 3.05) is 13.2 Å². The number of hydrogen-bond acceptors (Lipinski definition) is 2. The normalized spacial score (nSPS) is 53.1. The lowest BCUT2D eigenvalue weighted by Gasteiger charge is -2.45. The van der Waals surface area contributed by atoms with Crippen LogP contribution in [-0.2, 0) is 9.47 Å². The highest BCUT2D eigenvalue weighted by Gasteiger charge is 2.55. The Bertz CT molecular complexity index is 421. The molecule has 0 spiro atoms. The predicted molar refractivity (Wildman–Crippen MR) is 83.7 cm³/mol. The molecule has 0 amide bonds. The number of rotatable bonds is 3. The van der Waals surface area contributed by atoms with Crippen molar-refractivity contribution in [2.45, 2.75) is 52.7 Å². The van der Waals surface area contributed by atoms with Gasteiger partial charge in [-0.1, -0.05) is 39.3 Å². The maximum Gasteiger partial charge on any atom is 0.160 e. The molecule has 2 nitrogen and oxygen atoms in total. The molecule has 0 aromatic rings. The summed E-state index contributed by atoms with van der Waals surface area (Å²) in [5.41, 5.74) is 0.209. The summed E-state index contributed by atoms with van der Waals surface area (Å²) >= 11 is 0. The molecule has 2 saturated carbocycles. The van der Waals surface area contributed by atoms with Crippen molar-refractivity contribution < 1.29 is 9.47 Å². The topological polar surface area (TPSA) is 18.5 Å². The second kappa shape index (κ2) is 5.09. The molecular weight excluding hydrogens is 260 g/mol. The summed E-state index contributed by atoms with van der Waals surface area (Å²) in [6.45, 7) is 8.69. The van der Waals surface area contributed by atoms with Gasteiger partial charge in [-0.25, -0.2) is 0 Å². The van der Waals surface area contributed by atoms with E-state index in [0.717, 1.165) is 36.9 Å². The number of hydrogen-bond donors (Lipinski definition) is 0. The van der Waals surface area contributed by atoms with E-state index in [1.54, 1.807) is 0 Å². The van der Waals surface area contributed by atoms with Gasteiger partial charge in [-0.3, -0.25) is 0 Å². The zero-order valence-electron chi connectivity index (χ0n) is 13.8. The van der Waals surface area contributed by atoms with Crippen molar-refractivity contribution in [1.29, 1.82) is 0 Å². The van der Waals surface area contributed by atoms with Crippen LogP contribution in [0.25, 0.3) is 0 Å². The van der Waals surface area contributed by atoms with Crippen LogP contribution in [0, 0.1) is 40.9 Å². The van der Waals surface area contributed by atoms with Gasteiger partial charge in [-0.05, 0) is 48.9 Å². The van der Waals surface area contributed by atoms with E-state index in [1.807, 2.05) is 0 Å². The van der Waals surface area contributed by atoms with Crippen LogP contribution in [0.2, 0.25) is 0 Å². The molecule has 118 valence electrons. The van der Waals surface area contributed by atoms with Crippen LogP contribution < -0.4 is 0 Å². The first-order valence-electron chi connectivity index (χ1n) is 9.02. The maximum absolute atomic E-state index is 6.26. The third kappa shape index (κ3) is 2.13. The van der Waals surface area contributed by atoms with Gasteiger partial charge in [0.2, 0.25) is 0 Å². The van der Waals surface area contributed by atoms with Gasteiger partial charge >= 0.3 is 0 Å². The minimum Gasteiger partial charge on any atom is -0.352 e. The van der Waals surface area contributed by atoms with E-state index in [1.165, 1.54) is 25.7 Å². The standard InChI is InChI=1S/C19H30O2/c1-4-12(2)19(3)10-20-18(21-11-19)17-9-13-8-16(17)15-7-5-6-14(13)15/h5-6,12-18H,4,7-11H2,1-3H3. The zero-order chi connectivity index (χ0) is 14.6. The predicted octanol–water partition coefficient (Wildman–Crippen LogP) is 4.26. The largest absolute Gasteiger partial charge is 0.352 e. The molecule has 2 heteroatoms. The lowest BCUT2D eigenvalue weighted by molar-refractivity contribution is -0.263. The Balaban J connectivity index is 1.40. The SMILES string of the molecule is CCC(C)C1(C)COC(C2CC3CC2C2CC=CC32)OC1. The summed E-state index contributed by atoms with van der Waals surface area (Å²) in [6.07, 6.45) is 10.3. The van der Waals surface area contributed by atoms with Crippen LogP contribution in [-0.4, -0.2) is 19.5 Å². The van der Waals surface area contributed by atoms with Gasteiger partial charge in [0.25, 0.3) is 0 Å². The van der Waals surface area contributed by atoms with E-state index in [9.17, 15) is 0 Å². The zero-order valence-corrected chi connectivity index (χ0v) is 13.8. The number of ether oxygens (including phenoxy) is 2. The van der Waals surface area contributed by atoms with Gasteiger partial charge in [-0.2, -0.15) is 0 Å². The summed E-state index contributed by atoms with van der Waals surface area (Å²) in [4.78, 5) is 0. The Kier molecular flexibility index (Phi) is 3.46. The Hall–Kier alpha value is -0.340. The van der Waals surface area contributed by atoms with Gasteiger partial charge in [0.05, 0.1) is 13.2 Å². The summed E-state index contributed by atoms with van der Waals surface area (Å²) in [5, 5.41) is 0. The Morgan fingerprint density at radius 2 is 1.86 bits per heavy atom. The van der Waals surface area contributed by atoms with E-state index >= 15 is 0 Å². The molecule has 1 aliphatic heterocycles.